The molecule has 2 nitrogen and oxygen atoms in total. The van der Waals surface area contributed by atoms with Gasteiger partial charge in [0.05, 0.1) is 6.07 Å². The maximum atomic E-state index is 8.94. The molecule has 0 saturated carbocycles. The summed E-state index contributed by atoms with van der Waals surface area (Å²) < 4.78 is 0. The molecule has 0 bridgehead atoms. The zero-order valence-corrected chi connectivity index (χ0v) is 12.5. The van der Waals surface area contributed by atoms with Gasteiger partial charge in [-0.3, -0.25) is 0 Å². The first kappa shape index (κ1) is 13.9. The summed E-state index contributed by atoms with van der Waals surface area (Å²) in [6.45, 7) is 11.0. The summed E-state index contributed by atoms with van der Waals surface area (Å²) in [6, 6.07) is 9.03. The van der Waals surface area contributed by atoms with E-state index in [-0.39, 0.29) is 5.41 Å². The number of aryl methyl sites for hydroxylation is 2. The fourth-order valence-corrected chi connectivity index (χ4v) is 3.26. The maximum absolute atomic E-state index is 8.94. The van der Waals surface area contributed by atoms with Crippen LogP contribution in [0.5, 0.6) is 0 Å². The molecule has 0 spiro atoms. The molecule has 0 aromatic heterocycles. The summed E-state index contributed by atoms with van der Waals surface area (Å²) in [5.74, 6) is 0.527. The Bertz CT molecular complexity index is 496. The fourth-order valence-electron chi connectivity index (χ4n) is 3.26. The van der Waals surface area contributed by atoms with Gasteiger partial charge in [0.2, 0.25) is 0 Å². The molecule has 0 N–H and O–H groups in total. The topological polar surface area (TPSA) is 27.0 Å². The molecule has 1 unspecified atom stereocenters. The predicted octanol–water partition coefficient (Wildman–Crippen LogP) is 4.07. The summed E-state index contributed by atoms with van der Waals surface area (Å²) in [5.41, 5.74) is 4.24. The highest BCUT2D eigenvalue weighted by Gasteiger charge is 2.35. The lowest BCUT2D eigenvalue weighted by molar-refractivity contribution is 0.179. The van der Waals surface area contributed by atoms with Crippen molar-refractivity contribution in [2.24, 2.45) is 11.3 Å². The molecular formula is C17H24N2. The van der Waals surface area contributed by atoms with Crippen LogP contribution in [0.2, 0.25) is 0 Å². The minimum atomic E-state index is 0.214. The number of benzene rings is 1. The Morgan fingerprint density at radius 2 is 2.11 bits per heavy atom. The van der Waals surface area contributed by atoms with Crippen LogP contribution in [0, 0.1) is 36.5 Å². The fraction of sp³-hybridized carbons (Fsp3) is 0.588. The number of hydrogen-bond donors (Lipinski definition) is 0. The molecule has 1 aromatic rings. The van der Waals surface area contributed by atoms with Crippen molar-refractivity contribution in [2.45, 2.75) is 40.5 Å². The second kappa shape index (κ2) is 5.25. The van der Waals surface area contributed by atoms with E-state index in [2.05, 4.69) is 56.9 Å². The molecule has 0 radical (unpaired) electrons. The average Bonchev–Trinajstić information content (AvgIpc) is 2.31. The lowest BCUT2D eigenvalue weighted by atomic mass is 9.72. The van der Waals surface area contributed by atoms with E-state index >= 15 is 0 Å². The summed E-state index contributed by atoms with van der Waals surface area (Å²) in [7, 11) is 0. The summed E-state index contributed by atoms with van der Waals surface area (Å²) >= 11 is 0. The number of piperidine rings is 1. The highest BCUT2D eigenvalue weighted by molar-refractivity contribution is 5.55. The van der Waals surface area contributed by atoms with Gasteiger partial charge in [-0.1, -0.05) is 31.5 Å². The van der Waals surface area contributed by atoms with Crippen LogP contribution in [-0.2, 0) is 0 Å². The van der Waals surface area contributed by atoms with E-state index in [9.17, 15) is 0 Å². The van der Waals surface area contributed by atoms with Crippen LogP contribution >= 0.6 is 0 Å². The third kappa shape index (κ3) is 2.92. The van der Waals surface area contributed by atoms with E-state index in [1.54, 1.807) is 0 Å². The molecule has 1 heterocycles. The Hall–Kier alpha value is -1.49. The Morgan fingerprint density at radius 1 is 1.37 bits per heavy atom. The van der Waals surface area contributed by atoms with E-state index in [0.29, 0.717) is 12.3 Å². The van der Waals surface area contributed by atoms with Crippen molar-refractivity contribution in [1.29, 1.82) is 5.26 Å². The number of nitrogens with zero attached hydrogens (tertiary/aromatic N) is 2. The van der Waals surface area contributed by atoms with Crippen LogP contribution in [0.3, 0.4) is 0 Å². The lowest BCUT2D eigenvalue weighted by Crippen LogP contribution is -2.46. The van der Waals surface area contributed by atoms with Crippen molar-refractivity contribution >= 4 is 5.69 Å². The monoisotopic (exact) mass is 256 g/mol. The van der Waals surface area contributed by atoms with Crippen molar-refractivity contribution in [3.05, 3.63) is 29.3 Å². The Morgan fingerprint density at radius 3 is 2.68 bits per heavy atom. The molecule has 102 valence electrons. The molecule has 1 aliphatic rings. The first-order valence-corrected chi connectivity index (χ1v) is 7.13. The number of nitriles is 1. The Kier molecular flexibility index (Phi) is 3.85. The third-order valence-electron chi connectivity index (χ3n) is 4.48. The summed E-state index contributed by atoms with van der Waals surface area (Å²) in [5, 5.41) is 8.94. The Labute approximate surface area is 117 Å². The van der Waals surface area contributed by atoms with Crippen LogP contribution in [0.1, 0.15) is 37.8 Å². The van der Waals surface area contributed by atoms with E-state index in [0.717, 1.165) is 19.5 Å². The van der Waals surface area contributed by atoms with Gasteiger partial charge in [0.1, 0.15) is 0 Å². The molecule has 1 fully saturated rings. The van der Waals surface area contributed by atoms with E-state index in [1.165, 1.54) is 16.8 Å². The lowest BCUT2D eigenvalue weighted by Gasteiger charge is -2.45. The quantitative estimate of drug-likeness (QED) is 0.797. The molecule has 2 heteroatoms. The van der Waals surface area contributed by atoms with Crippen molar-refractivity contribution in [3.8, 4) is 6.07 Å². The Balaban J connectivity index is 2.19. The second-order valence-electron chi connectivity index (χ2n) is 6.55. The van der Waals surface area contributed by atoms with Crippen molar-refractivity contribution in [1.82, 2.24) is 0 Å². The van der Waals surface area contributed by atoms with Gasteiger partial charge in [-0.2, -0.15) is 5.26 Å². The number of anilines is 1. The van der Waals surface area contributed by atoms with Gasteiger partial charge >= 0.3 is 0 Å². The molecule has 2 rings (SSSR count). The highest BCUT2D eigenvalue weighted by atomic mass is 15.1. The van der Waals surface area contributed by atoms with Gasteiger partial charge in [0, 0.05) is 25.2 Å². The molecule has 0 aliphatic carbocycles. The molecule has 1 atom stereocenters. The van der Waals surface area contributed by atoms with Gasteiger partial charge in [0.15, 0.2) is 0 Å². The zero-order chi connectivity index (χ0) is 14.0. The summed E-state index contributed by atoms with van der Waals surface area (Å²) in [4.78, 5) is 2.49. The second-order valence-corrected chi connectivity index (χ2v) is 6.55. The van der Waals surface area contributed by atoms with Crippen LogP contribution in [-0.4, -0.2) is 13.1 Å². The summed E-state index contributed by atoms with van der Waals surface area (Å²) in [6.07, 6.45) is 1.81. The molecule has 1 aromatic carbocycles. The third-order valence-corrected chi connectivity index (χ3v) is 4.48. The minimum Gasteiger partial charge on any atom is -0.371 e. The largest absolute Gasteiger partial charge is 0.371 e. The van der Waals surface area contributed by atoms with Gasteiger partial charge in [0.25, 0.3) is 0 Å². The minimum absolute atomic E-state index is 0.214. The predicted molar refractivity (Wildman–Crippen MR) is 80.2 cm³/mol. The zero-order valence-electron chi connectivity index (χ0n) is 12.5. The van der Waals surface area contributed by atoms with E-state index < -0.39 is 0 Å². The molecule has 1 aliphatic heterocycles. The molecule has 0 amide bonds. The van der Waals surface area contributed by atoms with E-state index in [1.807, 2.05) is 0 Å². The molecular weight excluding hydrogens is 232 g/mol. The van der Waals surface area contributed by atoms with Crippen molar-refractivity contribution in [3.63, 3.8) is 0 Å². The maximum Gasteiger partial charge on any atom is 0.0624 e. The van der Waals surface area contributed by atoms with Crippen LogP contribution in [0.25, 0.3) is 0 Å². The first-order chi connectivity index (χ1) is 8.94. The van der Waals surface area contributed by atoms with Crippen LogP contribution < -0.4 is 4.90 Å². The van der Waals surface area contributed by atoms with Gasteiger partial charge in [-0.05, 0) is 43.2 Å². The molecule has 1 saturated heterocycles. The van der Waals surface area contributed by atoms with E-state index in [4.69, 9.17) is 5.26 Å². The SMILES string of the molecule is Cc1ccc(N2CCC(CC#N)C(C)(C)C2)c(C)c1. The molecule has 19 heavy (non-hydrogen) atoms. The average molecular weight is 256 g/mol. The normalized spacial score (nSPS) is 22.1. The number of hydrogen-bond acceptors (Lipinski definition) is 2. The van der Waals surface area contributed by atoms with Gasteiger partial charge in [-0.15, -0.1) is 0 Å². The standard InChI is InChI=1S/C17H24N2/c1-13-5-6-16(14(2)11-13)19-10-8-15(7-9-18)17(3,4)12-19/h5-6,11,15H,7-8,10,12H2,1-4H3. The van der Waals surface area contributed by atoms with Gasteiger partial charge < -0.3 is 4.90 Å². The van der Waals surface area contributed by atoms with Crippen molar-refractivity contribution < 1.29 is 0 Å². The number of rotatable bonds is 2. The van der Waals surface area contributed by atoms with Crippen LogP contribution in [0.4, 0.5) is 5.69 Å². The van der Waals surface area contributed by atoms with Gasteiger partial charge in [-0.25, -0.2) is 0 Å². The van der Waals surface area contributed by atoms with Crippen molar-refractivity contribution in [2.75, 3.05) is 18.0 Å². The smallest absolute Gasteiger partial charge is 0.0624 e. The highest BCUT2D eigenvalue weighted by Crippen LogP contribution is 2.39. The first-order valence-electron chi connectivity index (χ1n) is 7.13. The van der Waals surface area contributed by atoms with Crippen LogP contribution in [0.15, 0.2) is 18.2 Å².